The van der Waals surface area contributed by atoms with Gasteiger partial charge in [-0.1, -0.05) is 6.07 Å². The number of benzene rings is 1. The molecule has 1 heterocycles. The largest absolute Gasteiger partial charge is 0.434 e. The predicted molar refractivity (Wildman–Crippen MR) is 67.6 cm³/mol. The van der Waals surface area contributed by atoms with E-state index in [1.54, 1.807) is 24.0 Å². The van der Waals surface area contributed by atoms with Crippen LogP contribution in [0.4, 0.5) is 19.3 Å². The van der Waals surface area contributed by atoms with Gasteiger partial charge >= 0.3 is 12.6 Å². The van der Waals surface area contributed by atoms with Gasteiger partial charge in [0, 0.05) is 24.3 Å². The first kappa shape index (κ1) is 13.6. The van der Waals surface area contributed by atoms with E-state index >= 15 is 0 Å². The zero-order chi connectivity index (χ0) is 13.8. The molecule has 19 heavy (non-hydrogen) atoms. The van der Waals surface area contributed by atoms with Crippen LogP contribution in [0.5, 0.6) is 5.75 Å². The third-order valence-corrected chi connectivity index (χ3v) is 3.14. The molecule has 0 bridgehead atoms. The molecule has 2 rings (SSSR count). The van der Waals surface area contributed by atoms with Crippen molar-refractivity contribution in [2.24, 2.45) is 0 Å². The quantitative estimate of drug-likeness (QED) is 0.916. The van der Waals surface area contributed by atoms with E-state index in [1.807, 2.05) is 0 Å². The van der Waals surface area contributed by atoms with Gasteiger partial charge in [-0.15, -0.1) is 0 Å². The number of alkyl halides is 2. The van der Waals surface area contributed by atoms with E-state index in [-0.39, 0.29) is 11.8 Å². The molecule has 1 aliphatic heterocycles. The molecule has 1 N–H and O–H groups in total. The average Bonchev–Trinajstić information content (AvgIpc) is 2.87. The van der Waals surface area contributed by atoms with Gasteiger partial charge in [0.1, 0.15) is 5.75 Å². The molecule has 0 aromatic heterocycles. The molecule has 0 atom stereocenters. The number of halogens is 2. The van der Waals surface area contributed by atoms with Crippen LogP contribution in [0.15, 0.2) is 18.2 Å². The molecule has 2 amide bonds. The second-order valence-electron chi connectivity index (χ2n) is 4.43. The van der Waals surface area contributed by atoms with Gasteiger partial charge in [-0.25, -0.2) is 4.79 Å². The van der Waals surface area contributed by atoms with E-state index < -0.39 is 6.61 Å². The monoisotopic (exact) mass is 270 g/mol. The van der Waals surface area contributed by atoms with E-state index in [4.69, 9.17) is 0 Å². The Bertz CT molecular complexity index is 460. The lowest BCUT2D eigenvalue weighted by Crippen LogP contribution is -2.32. The SMILES string of the molecule is Cc1c(NC(=O)N2CCCC2)cccc1OC(F)F. The van der Waals surface area contributed by atoms with Crippen molar-refractivity contribution in [3.05, 3.63) is 23.8 Å². The van der Waals surface area contributed by atoms with Crippen molar-refractivity contribution in [1.82, 2.24) is 4.90 Å². The Labute approximate surface area is 110 Å². The van der Waals surface area contributed by atoms with E-state index in [1.165, 1.54) is 6.07 Å². The van der Waals surface area contributed by atoms with Gasteiger partial charge < -0.3 is 15.0 Å². The van der Waals surface area contributed by atoms with Gasteiger partial charge in [0.15, 0.2) is 0 Å². The second kappa shape index (κ2) is 5.86. The van der Waals surface area contributed by atoms with E-state index in [9.17, 15) is 13.6 Å². The summed E-state index contributed by atoms with van der Waals surface area (Å²) >= 11 is 0. The molecular formula is C13H16F2N2O2. The van der Waals surface area contributed by atoms with Crippen LogP contribution in [0.2, 0.25) is 0 Å². The lowest BCUT2D eigenvalue weighted by Gasteiger charge is -2.18. The highest BCUT2D eigenvalue weighted by atomic mass is 19.3. The third-order valence-electron chi connectivity index (χ3n) is 3.14. The van der Waals surface area contributed by atoms with Crippen molar-refractivity contribution in [1.29, 1.82) is 0 Å². The average molecular weight is 270 g/mol. The second-order valence-corrected chi connectivity index (χ2v) is 4.43. The molecule has 1 aromatic rings. The van der Waals surface area contributed by atoms with Gasteiger partial charge in [-0.2, -0.15) is 8.78 Å². The lowest BCUT2D eigenvalue weighted by atomic mass is 10.2. The van der Waals surface area contributed by atoms with Gasteiger partial charge in [0.05, 0.1) is 0 Å². The van der Waals surface area contributed by atoms with Crippen molar-refractivity contribution in [2.45, 2.75) is 26.4 Å². The zero-order valence-electron chi connectivity index (χ0n) is 10.7. The van der Waals surface area contributed by atoms with Crippen molar-refractivity contribution >= 4 is 11.7 Å². The summed E-state index contributed by atoms with van der Waals surface area (Å²) in [6.07, 6.45) is 2.00. The molecular weight excluding hydrogens is 254 g/mol. The van der Waals surface area contributed by atoms with Crippen LogP contribution in [-0.2, 0) is 0 Å². The van der Waals surface area contributed by atoms with Gasteiger partial charge in [-0.05, 0) is 31.9 Å². The maximum Gasteiger partial charge on any atom is 0.387 e. The number of hydrogen-bond donors (Lipinski definition) is 1. The Morgan fingerprint density at radius 1 is 1.37 bits per heavy atom. The summed E-state index contributed by atoms with van der Waals surface area (Å²) in [4.78, 5) is 13.6. The maximum absolute atomic E-state index is 12.2. The first-order valence-corrected chi connectivity index (χ1v) is 6.18. The summed E-state index contributed by atoms with van der Waals surface area (Å²) in [5.74, 6) is 0.0780. The van der Waals surface area contributed by atoms with Crippen LogP contribution in [0.1, 0.15) is 18.4 Å². The van der Waals surface area contributed by atoms with Gasteiger partial charge in [0.2, 0.25) is 0 Å². The van der Waals surface area contributed by atoms with Crippen molar-refractivity contribution in [2.75, 3.05) is 18.4 Å². The van der Waals surface area contributed by atoms with Crippen molar-refractivity contribution in [3.63, 3.8) is 0 Å². The normalized spacial score (nSPS) is 14.8. The molecule has 1 aromatic carbocycles. The molecule has 104 valence electrons. The highest BCUT2D eigenvalue weighted by Gasteiger charge is 2.19. The third kappa shape index (κ3) is 3.33. The van der Waals surface area contributed by atoms with Gasteiger partial charge in [-0.3, -0.25) is 0 Å². The summed E-state index contributed by atoms with van der Waals surface area (Å²) < 4.78 is 28.8. The van der Waals surface area contributed by atoms with Crippen LogP contribution in [-0.4, -0.2) is 30.6 Å². The number of rotatable bonds is 3. The smallest absolute Gasteiger partial charge is 0.387 e. The number of nitrogens with one attached hydrogen (secondary N) is 1. The Morgan fingerprint density at radius 3 is 2.68 bits per heavy atom. The lowest BCUT2D eigenvalue weighted by molar-refractivity contribution is -0.0502. The highest BCUT2D eigenvalue weighted by molar-refractivity contribution is 5.90. The number of amides is 2. The Hall–Kier alpha value is -1.85. The first-order valence-electron chi connectivity index (χ1n) is 6.18. The number of carbonyl (C=O) groups is 1. The number of carbonyl (C=O) groups excluding carboxylic acids is 1. The molecule has 0 radical (unpaired) electrons. The fraction of sp³-hybridized carbons (Fsp3) is 0.462. The van der Waals surface area contributed by atoms with Crippen molar-refractivity contribution in [3.8, 4) is 5.75 Å². The Kier molecular flexibility index (Phi) is 4.19. The number of anilines is 1. The number of hydrogen-bond acceptors (Lipinski definition) is 2. The van der Waals surface area contributed by atoms with E-state index in [0.29, 0.717) is 11.3 Å². The molecule has 6 heteroatoms. The molecule has 0 spiro atoms. The minimum atomic E-state index is -2.87. The standard InChI is InChI=1S/C13H16F2N2O2/c1-9-10(5-4-6-11(9)19-12(14)15)16-13(18)17-7-2-3-8-17/h4-6,12H,2-3,7-8H2,1H3,(H,16,18). The molecule has 0 saturated carbocycles. The van der Waals surface area contributed by atoms with Crippen LogP contribution < -0.4 is 10.1 Å². The molecule has 1 aliphatic rings. The minimum absolute atomic E-state index is 0.0780. The molecule has 0 unspecified atom stereocenters. The molecule has 1 saturated heterocycles. The fourth-order valence-corrected chi connectivity index (χ4v) is 2.09. The van der Waals surface area contributed by atoms with Crippen molar-refractivity contribution < 1.29 is 18.3 Å². The summed E-state index contributed by atoms with van der Waals surface area (Å²) in [5.41, 5.74) is 0.991. The number of likely N-dealkylation sites (tertiary alicyclic amines) is 1. The van der Waals surface area contributed by atoms with Crippen LogP contribution >= 0.6 is 0 Å². The van der Waals surface area contributed by atoms with Crippen LogP contribution in [0, 0.1) is 6.92 Å². The molecule has 4 nitrogen and oxygen atoms in total. The summed E-state index contributed by atoms with van der Waals surface area (Å²) in [7, 11) is 0. The minimum Gasteiger partial charge on any atom is -0.434 e. The van der Waals surface area contributed by atoms with Crippen LogP contribution in [0.25, 0.3) is 0 Å². The molecule has 0 aliphatic carbocycles. The molecule has 1 fully saturated rings. The summed E-state index contributed by atoms with van der Waals surface area (Å²) in [6, 6.07) is 4.49. The Balaban J connectivity index is 2.09. The number of nitrogens with zero attached hydrogens (tertiary/aromatic N) is 1. The Morgan fingerprint density at radius 2 is 2.05 bits per heavy atom. The van der Waals surface area contributed by atoms with E-state index in [2.05, 4.69) is 10.1 Å². The van der Waals surface area contributed by atoms with E-state index in [0.717, 1.165) is 25.9 Å². The summed E-state index contributed by atoms with van der Waals surface area (Å²) in [5, 5.41) is 2.73. The van der Waals surface area contributed by atoms with Crippen LogP contribution in [0.3, 0.4) is 0 Å². The highest BCUT2D eigenvalue weighted by Crippen LogP contribution is 2.27. The first-order chi connectivity index (χ1) is 9.08. The number of ether oxygens (including phenoxy) is 1. The maximum atomic E-state index is 12.2. The summed E-state index contributed by atoms with van der Waals surface area (Å²) in [6.45, 7) is 0.233. The zero-order valence-corrected chi connectivity index (χ0v) is 10.7. The predicted octanol–water partition coefficient (Wildman–Crippen LogP) is 3.22. The fourth-order valence-electron chi connectivity index (χ4n) is 2.09. The number of urea groups is 1. The van der Waals surface area contributed by atoms with Gasteiger partial charge in [0.25, 0.3) is 0 Å². The topological polar surface area (TPSA) is 41.6 Å².